The fourth-order valence-corrected chi connectivity index (χ4v) is 1.17. The maximum absolute atomic E-state index is 11.2. The molecule has 82 valence electrons. The molecule has 2 atom stereocenters. The normalized spacial score (nSPS) is 14.5. The van der Waals surface area contributed by atoms with Gasteiger partial charge in [0.2, 0.25) is 0 Å². The van der Waals surface area contributed by atoms with Gasteiger partial charge in [0.1, 0.15) is 0 Å². The molecular formula is C9H16O5. The summed E-state index contributed by atoms with van der Waals surface area (Å²) < 4.78 is 4.71. The summed E-state index contributed by atoms with van der Waals surface area (Å²) in [4.78, 5) is 21.5. The van der Waals surface area contributed by atoms with Crippen molar-refractivity contribution in [2.24, 2.45) is 5.92 Å². The molecule has 2 unspecified atom stereocenters. The highest BCUT2D eigenvalue weighted by atomic mass is 16.5. The molecule has 0 aliphatic rings. The highest BCUT2D eigenvalue weighted by molar-refractivity contribution is 5.75. The highest BCUT2D eigenvalue weighted by Gasteiger charge is 2.27. The lowest BCUT2D eigenvalue weighted by atomic mass is 9.97. The molecule has 5 nitrogen and oxygen atoms in total. The number of carbonyl (C=O) groups excluding carboxylic acids is 1. The van der Waals surface area contributed by atoms with Crippen LogP contribution in [0.15, 0.2) is 0 Å². The van der Waals surface area contributed by atoms with Crippen LogP contribution >= 0.6 is 0 Å². The second-order valence-electron chi connectivity index (χ2n) is 2.93. The van der Waals surface area contributed by atoms with Gasteiger partial charge in [-0.1, -0.05) is 6.92 Å². The van der Waals surface area contributed by atoms with Crippen molar-refractivity contribution in [3.05, 3.63) is 0 Å². The van der Waals surface area contributed by atoms with Gasteiger partial charge in [0.15, 0.2) is 0 Å². The van der Waals surface area contributed by atoms with Crippen molar-refractivity contribution in [1.29, 1.82) is 0 Å². The summed E-state index contributed by atoms with van der Waals surface area (Å²) >= 11 is 0. The van der Waals surface area contributed by atoms with Crippen molar-refractivity contribution >= 4 is 11.9 Å². The second-order valence-corrected chi connectivity index (χ2v) is 2.93. The lowest BCUT2D eigenvalue weighted by molar-refractivity contribution is -0.153. The summed E-state index contributed by atoms with van der Waals surface area (Å²) in [6.45, 7) is 3.59. The Morgan fingerprint density at radius 1 is 1.36 bits per heavy atom. The van der Waals surface area contributed by atoms with Gasteiger partial charge in [0.25, 0.3) is 0 Å². The first kappa shape index (κ1) is 12.9. The van der Waals surface area contributed by atoms with Crippen LogP contribution in [-0.2, 0) is 14.3 Å². The third-order valence-electron chi connectivity index (χ3n) is 1.88. The van der Waals surface area contributed by atoms with E-state index in [0.29, 0.717) is 6.42 Å². The van der Waals surface area contributed by atoms with E-state index in [1.807, 2.05) is 0 Å². The summed E-state index contributed by atoms with van der Waals surface area (Å²) in [5.74, 6) is -2.41. The fraction of sp³-hybridized carbons (Fsp3) is 0.778. The Labute approximate surface area is 82.7 Å². The van der Waals surface area contributed by atoms with Crippen molar-refractivity contribution in [3.8, 4) is 0 Å². The van der Waals surface area contributed by atoms with Crippen molar-refractivity contribution in [2.75, 3.05) is 6.61 Å². The lowest BCUT2D eigenvalue weighted by Gasteiger charge is -2.18. The van der Waals surface area contributed by atoms with Gasteiger partial charge >= 0.3 is 11.9 Å². The summed E-state index contributed by atoms with van der Waals surface area (Å²) in [6, 6.07) is 0. The van der Waals surface area contributed by atoms with Crippen LogP contribution in [0.3, 0.4) is 0 Å². The third kappa shape index (κ3) is 4.23. The van der Waals surface area contributed by atoms with Gasteiger partial charge in [-0.15, -0.1) is 0 Å². The van der Waals surface area contributed by atoms with Crippen LogP contribution in [-0.4, -0.2) is 34.9 Å². The minimum atomic E-state index is -1.17. The number of aliphatic hydroxyl groups excluding tert-OH is 1. The van der Waals surface area contributed by atoms with E-state index in [1.165, 1.54) is 0 Å². The molecule has 14 heavy (non-hydrogen) atoms. The van der Waals surface area contributed by atoms with Crippen molar-refractivity contribution in [1.82, 2.24) is 0 Å². The monoisotopic (exact) mass is 204 g/mol. The van der Waals surface area contributed by atoms with Crippen LogP contribution < -0.4 is 0 Å². The lowest BCUT2D eigenvalue weighted by Crippen LogP contribution is -2.31. The SMILES string of the molecule is CCOC(=O)C(CC)C(O)CC(=O)O. The summed E-state index contributed by atoms with van der Waals surface area (Å²) in [6.07, 6.45) is -1.23. The van der Waals surface area contributed by atoms with Gasteiger partial charge in [-0.2, -0.15) is 0 Å². The number of aliphatic carboxylic acids is 1. The molecule has 5 heteroatoms. The van der Waals surface area contributed by atoms with Gasteiger partial charge < -0.3 is 14.9 Å². The molecule has 0 amide bonds. The molecule has 2 N–H and O–H groups in total. The van der Waals surface area contributed by atoms with E-state index in [-0.39, 0.29) is 6.61 Å². The average molecular weight is 204 g/mol. The van der Waals surface area contributed by atoms with E-state index in [1.54, 1.807) is 13.8 Å². The van der Waals surface area contributed by atoms with Crippen LogP contribution in [0, 0.1) is 5.92 Å². The standard InChI is InChI=1S/C9H16O5/c1-3-6(9(13)14-4-2)7(10)5-8(11)12/h6-7,10H,3-5H2,1-2H3,(H,11,12). The maximum Gasteiger partial charge on any atom is 0.311 e. The summed E-state index contributed by atoms with van der Waals surface area (Å²) in [5.41, 5.74) is 0. The number of esters is 1. The van der Waals surface area contributed by atoms with Crippen molar-refractivity contribution in [2.45, 2.75) is 32.8 Å². The summed E-state index contributed by atoms with van der Waals surface area (Å²) in [7, 11) is 0. The molecule has 0 aliphatic heterocycles. The minimum absolute atomic E-state index is 0.231. The van der Waals surface area contributed by atoms with E-state index < -0.39 is 30.4 Å². The average Bonchev–Trinajstić information content (AvgIpc) is 2.04. The van der Waals surface area contributed by atoms with Gasteiger partial charge in [-0.3, -0.25) is 9.59 Å². The smallest absolute Gasteiger partial charge is 0.311 e. The molecule has 0 heterocycles. The molecule has 0 spiro atoms. The number of carbonyl (C=O) groups is 2. The van der Waals surface area contributed by atoms with E-state index in [4.69, 9.17) is 9.84 Å². The zero-order valence-electron chi connectivity index (χ0n) is 8.40. The topological polar surface area (TPSA) is 83.8 Å². The van der Waals surface area contributed by atoms with Crippen molar-refractivity contribution in [3.63, 3.8) is 0 Å². The number of hydrogen-bond acceptors (Lipinski definition) is 4. The zero-order chi connectivity index (χ0) is 11.1. The fourth-order valence-electron chi connectivity index (χ4n) is 1.17. The maximum atomic E-state index is 11.2. The molecule has 0 saturated carbocycles. The number of ether oxygens (including phenoxy) is 1. The number of carboxylic acids is 1. The first-order chi connectivity index (χ1) is 6.52. The van der Waals surface area contributed by atoms with Crippen LogP contribution in [0.1, 0.15) is 26.7 Å². The van der Waals surface area contributed by atoms with Crippen LogP contribution in [0.25, 0.3) is 0 Å². The molecular weight excluding hydrogens is 188 g/mol. The number of aliphatic hydroxyl groups is 1. The Balaban J connectivity index is 4.23. The largest absolute Gasteiger partial charge is 0.481 e. The quantitative estimate of drug-likeness (QED) is 0.612. The predicted molar refractivity (Wildman–Crippen MR) is 48.7 cm³/mol. The second kappa shape index (κ2) is 6.37. The molecule has 0 fully saturated rings. The van der Waals surface area contributed by atoms with Crippen LogP contribution in [0.2, 0.25) is 0 Å². The number of carboxylic acid groups (broad SMARTS) is 1. The van der Waals surface area contributed by atoms with Gasteiger partial charge in [0, 0.05) is 0 Å². The van der Waals surface area contributed by atoms with Gasteiger partial charge in [-0.05, 0) is 13.3 Å². The molecule has 0 rings (SSSR count). The number of hydrogen-bond donors (Lipinski definition) is 2. The Kier molecular flexibility index (Phi) is 5.87. The Bertz CT molecular complexity index is 201. The zero-order valence-corrected chi connectivity index (χ0v) is 8.40. The van der Waals surface area contributed by atoms with Gasteiger partial charge in [0.05, 0.1) is 25.0 Å². The Morgan fingerprint density at radius 3 is 2.29 bits per heavy atom. The summed E-state index contributed by atoms with van der Waals surface area (Å²) in [5, 5.41) is 17.8. The third-order valence-corrected chi connectivity index (χ3v) is 1.88. The Morgan fingerprint density at radius 2 is 1.93 bits per heavy atom. The van der Waals surface area contributed by atoms with Gasteiger partial charge in [-0.25, -0.2) is 0 Å². The Hall–Kier alpha value is -1.10. The molecule has 0 aromatic rings. The molecule has 0 radical (unpaired) electrons. The number of rotatable bonds is 6. The van der Waals surface area contributed by atoms with E-state index in [9.17, 15) is 14.7 Å². The first-order valence-electron chi connectivity index (χ1n) is 4.59. The molecule has 0 aromatic heterocycles. The van der Waals surface area contributed by atoms with Crippen LogP contribution in [0.4, 0.5) is 0 Å². The molecule has 0 aromatic carbocycles. The van der Waals surface area contributed by atoms with E-state index >= 15 is 0 Å². The molecule has 0 aliphatic carbocycles. The highest BCUT2D eigenvalue weighted by Crippen LogP contribution is 2.14. The van der Waals surface area contributed by atoms with E-state index in [0.717, 1.165) is 0 Å². The molecule has 0 saturated heterocycles. The van der Waals surface area contributed by atoms with Crippen LogP contribution in [0.5, 0.6) is 0 Å². The minimum Gasteiger partial charge on any atom is -0.481 e. The predicted octanol–water partition coefficient (Wildman–Crippen LogP) is 0.411. The van der Waals surface area contributed by atoms with Crippen molar-refractivity contribution < 1.29 is 24.5 Å². The first-order valence-corrected chi connectivity index (χ1v) is 4.59. The molecule has 0 bridgehead atoms. The van der Waals surface area contributed by atoms with E-state index in [2.05, 4.69) is 0 Å².